The molecule has 0 radical (unpaired) electrons. The molecule has 110 valence electrons. The van der Waals surface area contributed by atoms with Gasteiger partial charge in [0.05, 0.1) is 11.1 Å². The fourth-order valence-corrected chi connectivity index (χ4v) is 2.64. The van der Waals surface area contributed by atoms with Gasteiger partial charge in [0.2, 0.25) is 0 Å². The van der Waals surface area contributed by atoms with Gasteiger partial charge in [0.15, 0.2) is 0 Å². The lowest BCUT2D eigenvalue weighted by molar-refractivity contribution is 0.0198. The minimum atomic E-state index is -0.881. The van der Waals surface area contributed by atoms with Gasteiger partial charge >= 0.3 is 0 Å². The van der Waals surface area contributed by atoms with Crippen molar-refractivity contribution in [1.82, 2.24) is 0 Å². The SMILES string of the molecule is Oc1cc(O)c2c(c1)O[C@@H](c1ccc(O)c(Cl)c1)[C@@H](O)C2. The average Bonchev–Trinajstić information content (AvgIpc) is 2.42. The zero-order valence-electron chi connectivity index (χ0n) is 10.8. The molecule has 1 aliphatic heterocycles. The van der Waals surface area contributed by atoms with E-state index in [2.05, 4.69) is 0 Å². The van der Waals surface area contributed by atoms with Gasteiger partial charge in [-0.2, -0.15) is 0 Å². The highest BCUT2D eigenvalue weighted by Gasteiger charge is 2.32. The van der Waals surface area contributed by atoms with Crippen LogP contribution in [0.1, 0.15) is 17.2 Å². The van der Waals surface area contributed by atoms with Crippen LogP contribution >= 0.6 is 11.6 Å². The molecule has 0 bridgehead atoms. The molecule has 5 nitrogen and oxygen atoms in total. The van der Waals surface area contributed by atoms with Crippen LogP contribution in [0.4, 0.5) is 0 Å². The van der Waals surface area contributed by atoms with Gasteiger partial charge in [-0.15, -0.1) is 0 Å². The summed E-state index contributed by atoms with van der Waals surface area (Å²) in [6, 6.07) is 7.12. The fraction of sp³-hybridized carbons (Fsp3) is 0.200. The van der Waals surface area contributed by atoms with Crippen LogP contribution in [0.2, 0.25) is 5.02 Å². The van der Waals surface area contributed by atoms with E-state index in [1.54, 1.807) is 6.07 Å². The average molecular weight is 309 g/mol. The molecule has 2 aromatic rings. The van der Waals surface area contributed by atoms with Crippen LogP contribution in [0, 0.1) is 0 Å². The van der Waals surface area contributed by atoms with Gasteiger partial charge in [0, 0.05) is 24.1 Å². The molecule has 2 aromatic carbocycles. The van der Waals surface area contributed by atoms with Crippen molar-refractivity contribution in [2.24, 2.45) is 0 Å². The van der Waals surface area contributed by atoms with E-state index in [0.717, 1.165) is 0 Å². The summed E-state index contributed by atoms with van der Waals surface area (Å²) in [6.45, 7) is 0. The van der Waals surface area contributed by atoms with Gasteiger partial charge in [0.1, 0.15) is 29.1 Å². The van der Waals surface area contributed by atoms with Crippen molar-refractivity contribution in [1.29, 1.82) is 0 Å². The molecule has 0 spiro atoms. The van der Waals surface area contributed by atoms with Crippen LogP contribution in [-0.2, 0) is 6.42 Å². The van der Waals surface area contributed by atoms with Crippen molar-refractivity contribution in [3.8, 4) is 23.0 Å². The summed E-state index contributed by atoms with van der Waals surface area (Å²) in [5, 5.41) is 39.1. The second-order valence-corrected chi connectivity index (χ2v) is 5.37. The van der Waals surface area contributed by atoms with E-state index in [1.165, 1.54) is 24.3 Å². The normalized spacial score (nSPS) is 20.7. The Morgan fingerprint density at radius 1 is 1.05 bits per heavy atom. The van der Waals surface area contributed by atoms with E-state index in [-0.39, 0.29) is 28.7 Å². The lowest BCUT2D eigenvalue weighted by Crippen LogP contribution is -2.30. The second-order valence-electron chi connectivity index (χ2n) is 4.96. The molecular formula is C15H13ClO5. The molecule has 0 fully saturated rings. The molecule has 6 heteroatoms. The summed E-state index contributed by atoms with van der Waals surface area (Å²) in [5.74, 6) is 0.0183. The molecule has 0 saturated heterocycles. The van der Waals surface area contributed by atoms with Crippen molar-refractivity contribution in [3.05, 3.63) is 46.5 Å². The summed E-state index contributed by atoms with van der Waals surface area (Å²) in [5.41, 5.74) is 1.04. The molecule has 21 heavy (non-hydrogen) atoms. The molecular weight excluding hydrogens is 296 g/mol. The highest BCUT2D eigenvalue weighted by Crippen LogP contribution is 2.42. The summed E-state index contributed by atoms with van der Waals surface area (Å²) in [6.07, 6.45) is -1.39. The molecule has 1 heterocycles. The Morgan fingerprint density at radius 2 is 1.81 bits per heavy atom. The maximum absolute atomic E-state index is 10.2. The lowest BCUT2D eigenvalue weighted by Gasteiger charge is -2.31. The Morgan fingerprint density at radius 3 is 2.52 bits per heavy atom. The Labute approximate surface area is 125 Å². The van der Waals surface area contributed by atoms with Crippen LogP contribution in [0.5, 0.6) is 23.0 Å². The van der Waals surface area contributed by atoms with Crippen LogP contribution in [-0.4, -0.2) is 26.5 Å². The van der Waals surface area contributed by atoms with Gasteiger partial charge in [-0.05, 0) is 17.7 Å². The number of hydrogen-bond acceptors (Lipinski definition) is 5. The largest absolute Gasteiger partial charge is 0.508 e. The summed E-state index contributed by atoms with van der Waals surface area (Å²) in [7, 11) is 0. The smallest absolute Gasteiger partial charge is 0.150 e. The first kappa shape index (κ1) is 13.9. The molecule has 0 amide bonds. The first-order valence-corrected chi connectivity index (χ1v) is 6.71. The number of ether oxygens (including phenoxy) is 1. The number of phenols is 3. The van der Waals surface area contributed by atoms with Crippen molar-refractivity contribution in [2.45, 2.75) is 18.6 Å². The number of rotatable bonds is 1. The van der Waals surface area contributed by atoms with E-state index in [4.69, 9.17) is 16.3 Å². The number of benzene rings is 2. The van der Waals surface area contributed by atoms with Gasteiger partial charge in [-0.1, -0.05) is 17.7 Å². The first-order chi connectivity index (χ1) is 9.95. The molecule has 2 atom stereocenters. The monoisotopic (exact) mass is 308 g/mol. The topological polar surface area (TPSA) is 90.2 Å². The Bertz CT molecular complexity index is 701. The van der Waals surface area contributed by atoms with Gasteiger partial charge < -0.3 is 25.2 Å². The number of aliphatic hydroxyl groups is 1. The number of halogens is 1. The van der Waals surface area contributed by atoms with Crippen LogP contribution in [0.25, 0.3) is 0 Å². The highest BCUT2D eigenvalue weighted by atomic mass is 35.5. The maximum atomic E-state index is 10.2. The van der Waals surface area contributed by atoms with E-state index in [1.807, 2.05) is 0 Å². The predicted octanol–water partition coefficient (Wildman–Crippen LogP) is 2.49. The molecule has 0 unspecified atom stereocenters. The third-order valence-corrected chi connectivity index (χ3v) is 3.79. The predicted molar refractivity (Wildman–Crippen MR) is 76.0 cm³/mol. The molecule has 4 N–H and O–H groups in total. The number of hydrogen-bond donors (Lipinski definition) is 4. The highest BCUT2D eigenvalue weighted by molar-refractivity contribution is 6.32. The maximum Gasteiger partial charge on any atom is 0.150 e. The van der Waals surface area contributed by atoms with Crippen LogP contribution in [0.15, 0.2) is 30.3 Å². The minimum absolute atomic E-state index is 0.0543. The van der Waals surface area contributed by atoms with Crippen molar-refractivity contribution in [2.75, 3.05) is 0 Å². The van der Waals surface area contributed by atoms with Crippen molar-refractivity contribution < 1.29 is 25.2 Å². The van der Waals surface area contributed by atoms with E-state index < -0.39 is 12.2 Å². The standard InChI is InChI=1S/C15H13ClO5/c16-10-3-7(1-2-11(10)18)15-13(20)6-9-12(19)4-8(17)5-14(9)21-15/h1-5,13,15,17-20H,6H2/t13-,15-/m0/s1. The van der Waals surface area contributed by atoms with Gasteiger partial charge in [-0.25, -0.2) is 0 Å². The molecule has 0 aromatic heterocycles. The molecule has 0 aliphatic carbocycles. The van der Waals surface area contributed by atoms with Gasteiger partial charge in [0.25, 0.3) is 0 Å². The lowest BCUT2D eigenvalue weighted by atomic mass is 9.94. The zero-order valence-corrected chi connectivity index (χ0v) is 11.6. The van der Waals surface area contributed by atoms with E-state index >= 15 is 0 Å². The Hall–Kier alpha value is -2.11. The third-order valence-electron chi connectivity index (χ3n) is 3.49. The van der Waals surface area contributed by atoms with E-state index in [0.29, 0.717) is 16.9 Å². The van der Waals surface area contributed by atoms with Crippen molar-refractivity contribution >= 4 is 11.6 Å². The molecule has 3 rings (SSSR count). The Kier molecular flexibility index (Phi) is 3.31. The third kappa shape index (κ3) is 2.46. The van der Waals surface area contributed by atoms with Crippen LogP contribution in [0.3, 0.4) is 0 Å². The van der Waals surface area contributed by atoms with Crippen LogP contribution < -0.4 is 4.74 Å². The quantitative estimate of drug-likeness (QED) is 0.650. The summed E-state index contributed by atoms with van der Waals surface area (Å²) in [4.78, 5) is 0. The minimum Gasteiger partial charge on any atom is -0.508 e. The fourth-order valence-electron chi connectivity index (χ4n) is 2.45. The number of aliphatic hydroxyl groups excluding tert-OH is 1. The van der Waals surface area contributed by atoms with Crippen molar-refractivity contribution in [3.63, 3.8) is 0 Å². The summed E-state index contributed by atoms with van der Waals surface area (Å²) < 4.78 is 5.68. The second kappa shape index (κ2) is 5.02. The number of fused-ring (bicyclic) bond motifs is 1. The molecule has 0 saturated carbocycles. The van der Waals surface area contributed by atoms with Gasteiger partial charge in [-0.3, -0.25) is 0 Å². The summed E-state index contributed by atoms with van der Waals surface area (Å²) >= 11 is 5.86. The molecule has 1 aliphatic rings. The first-order valence-electron chi connectivity index (χ1n) is 6.33. The Balaban J connectivity index is 2.00. The number of phenolic OH excluding ortho intramolecular Hbond substituents is 3. The number of aromatic hydroxyl groups is 3. The van der Waals surface area contributed by atoms with E-state index in [9.17, 15) is 20.4 Å². The zero-order chi connectivity index (χ0) is 15.1.